The van der Waals surface area contributed by atoms with Gasteiger partial charge in [-0.2, -0.15) is 0 Å². The number of benzene rings is 2. The highest BCUT2D eigenvalue weighted by atomic mass is 35.5. The number of rotatable bonds is 5. The Morgan fingerprint density at radius 1 is 1.16 bits per heavy atom. The van der Waals surface area contributed by atoms with E-state index in [9.17, 15) is 14.9 Å². The minimum Gasteiger partial charge on any atom is -0.326 e. The number of carbonyl (C=O) groups is 1. The van der Waals surface area contributed by atoms with Crippen LogP contribution in [0.5, 0.6) is 0 Å². The molecule has 132 valence electrons. The van der Waals surface area contributed by atoms with Crippen molar-refractivity contribution in [3.8, 4) is 0 Å². The second kappa shape index (κ2) is 7.66. The molecule has 0 unspecified atom stereocenters. The molecule has 0 aromatic heterocycles. The number of carbonyl (C=O) groups excluding carboxylic acids is 1. The zero-order valence-electron chi connectivity index (χ0n) is 14.5. The van der Waals surface area contributed by atoms with Crippen LogP contribution in [0.4, 0.5) is 11.4 Å². The standard InChI is InChI=1S/C19H21ClN2O3/c1-19(2,3)14-7-4-13(5-8-14)6-11-18(23)21-15-9-10-16(20)17(12-15)22(24)25/h4-5,7-10,12H,6,11H2,1-3H3,(H,21,23). The van der Waals surface area contributed by atoms with Crippen molar-refractivity contribution in [3.63, 3.8) is 0 Å². The van der Waals surface area contributed by atoms with Crippen LogP contribution in [0.3, 0.4) is 0 Å². The second-order valence-corrected chi connectivity index (χ2v) is 7.33. The average molecular weight is 361 g/mol. The highest BCUT2D eigenvalue weighted by Gasteiger charge is 2.15. The van der Waals surface area contributed by atoms with E-state index in [0.717, 1.165) is 5.56 Å². The normalized spacial score (nSPS) is 11.2. The van der Waals surface area contributed by atoms with E-state index in [4.69, 9.17) is 11.6 Å². The number of nitrogens with zero attached hydrogens (tertiary/aromatic N) is 1. The predicted octanol–water partition coefficient (Wildman–Crippen LogP) is 5.12. The lowest BCUT2D eigenvalue weighted by atomic mass is 9.86. The quantitative estimate of drug-likeness (QED) is 0.594. The first-order valence-electron chi connectivity index (χ1n) is 8.00. The number of nitro groups is 1. The summed E-state index contributed by atoms with van der Waals surface area (Å²) < 4.78 is 0. The summed E-state index contributed by atoms with van der Waals surface area (Å²) in [6, 6.07) is 12.4. The monoisotopic (exact) mass is 360 g/mol. The Morgan fingerprint density at radius 2 is 1.80 bits per heavy atom. The maximum absolute atomic E-state index is 12.1. The summed E-state index contributed by atoms with van der Waals surface area (Å²) in [6.07, 6.45) is 0.900. The van der Waals surface area contributed by atoms with E-state index in [1.54, 1.807) is 6.07 Å². The van der Waals surface area contributed by atoms with Crippen LogP contribution in [0.25, 0.3) is 0 Å². The summed E-state index contributed by atoms with van der Waals surface area (Å²) in [5.41, 5.74) is 2.56. The molecule has 0 heterocycles. The molecule has 6 heteroatoms. The van der Waals surface area contributed by atoms with Crippen LogP contribution in [0.15, 0.2) is 42.5 Å². The molecule has 0 bridgehead atoms. The van der Waals surface area contributed by atoms with Crippen LogP contribution >= 0.6 is 11.6 Å². The van der Waals surface area contributed by atoms with Gasteiger partial charge in [0, 0.05) is 18.2 Å². The number of hydrogen-bond donors (Lipinski definition) is 1. The first-order chi connectivity index (χ1) is 11.7. The lowest BCUT2D eigenvalue weighted by Gasteiger charge is -2.19. The van der Waals surface area contributed by atoms with Gasteiger partial charge >= 0.3 is 0 Å². The fourth-order valence-electron chi connectivity index (χ4n) is 2.38. The van der Waals surface area contributed by atoms with Crippen LogP contribution in [0, 0.1) is 10.1 Å². The molecule has 1 amide bonds. The van der Waals surface area contributed by atoms with Gasteiger partial charge < -0.3 is 5.32 Å². The highest BCUT2D eigenvalue weighted by Crippen LogP contribution is 2.27. The minimum absolute atomic E-state index is 0.0435. The summed E-state index contributed by atoms with van der Waals surface area (Å²) in [5, 5.41) is 13.6. The number of nitro benzene ring substituents is 1. The van der Waals surface area contributed by atoms with Gasteiger partial charge in [-0.1, -0.05) is 56.6 Å². The Hall–Kier alpha value is -2.40. The molecule has 2 aromatic rings. The lowest BCUT2D eigenvalue weighted by Crippen LogP contribution is -2.13. The summed E-state index contributed by atoms with van der Waals surface area (Å²) >= 11 is 5.76. The topological polar surface area (TPSA) is 72.2 Å². The maximum Gasteiger partial charge on any atom is 0.289 e. The molecule has 0 aliphatic carbocycles. The third kappa shape index (κ3) is 5.29. The van der Waals surface area contributed by atoms with Gasteiger partial charge in [-0.25, -0.2) is 0 Å². The molecule has 2 aromatic carbocycles. The van der Waals surface area contributed by atoms with E-state index in [1.165, 1.54) is 17.7 Å². The van der Waals surface area contributed by atoms with Gasteiger partial charge in [0.1, 0.15) is 5.02 Å². The molecular weight excluding hydrogens is 340 g/mol. The summed E-state index contributed by atoms with van der Waals surface area (Å²) in [7, 11) is 0. The molecule has 0 atom stereocenters. The first-order valence-corrected chi connectivity index (χ1v) is 8.38. The van der Waals surface area contributed by atoms with Crippen LogP contribution in [0.2, 0.25) is 5.02 Å². The third-order valence-corrected chi connectivity index (χ3v) is 4.21. The van der Waals surface area contributed by atoms with E-state index in [-0.39, 0.29) is 22.0 Å². The molecule has 0 aliphatic heterocycles. The van der Waals surface area contributed by atoms with Crippen molar-refractivity contribution >= 4 is 28.9 Å². The smallest absolute Gasteiger partial charge is 0.289 e. The Kier molecular flexibility index (Phi) is 5.80. The van der Waals surface area contributed by atoms with E-state index in [0.29, 0.717) is 18.5 Å². The Bertz CT molecular complexity index is 780. The predicted molar refractivity (Wildman–Crippen MR) is 100 cm³/mol. The number of halogens is 1. The molecule has 5 nitrogen and oxygen atoms in total. The Morgan fingerprint density at radius 3 is 2.36 bits per heavy atom. The van der Waals surface area contributed by atoms with E-state index in [2.05, 4.69) is 38.2 Å². The molecule has 0 aliphatic rings. The Balaban J connectivity index is 1.95. The second-order valence-electron chi connectivity index (χ2n) is 6.92. The fraction of sp³-hybridized carbons (Fsp3) is 0.316. The lowest BCUT2D eigenvalue weighted by molar-refractivity contribution is -0.384. The van der Waals surface area contributed by atoms with Gasteiger partial charge in [-0.15, -0.1) is 0 Å². The fourth-order valence-corrected chi connectivity index (χ4v) is 2.57. The van der Waals surface area contributed by atoms with Crippen LogP contribution in [-0.2, 0) is 16.6 Å². The summed E-state index contributed by atoms with van der Waals surface area (Å²) in [4.78, 5) is 22.4. The first kappa shape index (κ1) is 18.9. The van der Waals surface area contributed by atoms with Gasteiger partial charge in [0.15, 0.2) is 0 Å². The number of aryl methyl sites for hydroxylation is 1. The van der Waals surface area contributed by atoms with Crippen molar-refractivity contribution < 1.29 is 9.72 Å². The van der Waals surface area contributed by atoms with Gasteiger partial charge in [-0.05, 0) is 35.1 Å². The van der Waals surface area contributed by atoms with Crippen LogP contribution in [-0.4, -0.2) is 10.8 Å². The molecule has 0 saturated carbocycles. The molecule has 0 radical (unpaired) electrons. The molecule has 1 N–H and O–H groups in total. The summed E-state index contributed by atoms with van der Waals surface area (Å²) in [6.45, 7) is 6.46. The van der Waals surface area contributed by atoms with Gasteiger partial charge in [0.2, 0.25) is 5.91 Å². The van der Waals surface area contributed by atoms with Crippen molar-refractivity contribution in [2.45, 2.75) is 39.0 Å². The van der Waals surface area contributed by atoms with Gasteiger partial charge in [-0.3, -0.25) is 14.9 Å². The Labute approximate surface area is 152 Å². The van der Waals surface area contributed by atoms with E-state index < -0.39 is 4.92 Å². The zero-order chi connectivity index (χ0) is 18.6. The SMILES string of the molecule is CC(C)(C)c1ccc(CCC(=O)Nc2ccc(Cl)c([N+](=O)[O-])c2)cc1. The number of anilines is 1. The van der Waals surface area contributed by atoms with Crippen molar-refractivity contribution in [2.24, 2.45) is 0 Å². The minimum atomic E-state index is -0.575. The molecular formula is C19H21ClN2O3. The third-order valence-electron chi connectivity index (χ3n) is 3.89. The molecule has 2 rings (SSSR count). The van der Waals surface area contributed by atoms with Crippen molar-refractivity contribution in [3.05, 3.63) is 68.7 Å². The van der Waals surface area contributed by atoms with Crippen molar-refractivity contribution in [1.82, 2.24) is 0 Å². The number of amides is 1. The van der Waals surface area contributed by atoms with E-state index in [1.807, 2.05) is 12.1 Å². The van der Waals surface area contributed by atoms with Gasteiger partial charge in [0.25, 0.3) is 5.69 Å². The van der Waals surface area contributed by atoms with Crippen molar-refractivity contribution in [1.29, 1.82) is 0 Å². The highest BCUT2D eigenvalue weighted by molar-refractivity contribution is 6.32. The van der Waals surface area contributed by atoms with Crippen LogP contribution < -0.4 is 5.32 Å². The van der Waals surface area contributed by atoms with Crippen molar-refractivity contribution in [2.75, 3.05) is 5.32 Å². The molecule has 0 fully saturated rings. The number of hydrogen-bond acceptors (Lipinski definition) is 3. The largest absolute Gasteiger partial charge is 0.326 e. The van der Waals surface area contributed by atoms with Crippen LogP contribution in [0.1, 0.15) is 38.3 Å². The zero-order valence-corrected chi connectivity index (χ0v) is 15.3. The van der Waals surface area contributed by atoms with E-state index >= 15 is 0 Å². The maximum atomic E-state index is 12.1. The summed E-state index contributed by atoms with van der Waals surface area (Å²) in [5.74, 6) is -0.198. The van der Waals surface area contributed by atoms with Gasteiger partial charge in [0.05, 0.1) is 4.92 Å². The molecule has 25 heavy (non-hydrogen) atoms. The average Bonchev–Trinajstić information content (AvgIpc) is 2.54. The number of nitrogens with one attached hydrogen (secondary N) is 1. The molecule has 0 spiro atoms. The molecule has 0 saturated heterocycles.